The molecule has 0 radical (unpaired) electrons. The van der Waals surface area contributed by atoms with Crippen molar-refractivity contribution in [1.82, 2.24) is 0 Å². The summed E-state index contributed by atoms with van der Waals surface area (Å²) in [5, 5.41) is 40.7. The lowest BCUT2D eigenvalue weighted by molar-refractivity contribution is 0.415. The van der Waals surface area contributed by atoms with Crippen molar-refractivity contribution in [2.45, 2.75) is 37.5 Å². The average Bonchev–Trinajstić information content (AvgIpc) is 3.17. The first-order valence-corrected chi connectivity index (χ1v) is 20.1. The Kier molecular flexibility index (Phi) is 11.7. The summed E-state index contributed by atoms with van der Waals surface area (Å²) in [6.07, 6.45) is 0. The Morgan fingerprint density at radius 3 is 1.62 bits per heavy atom. The molecule has 0 atom stereocenters. The molecule has 6 aromatic carbocycles. The Morgan fingerprint density at radius 1 is 0.534 bits per heavy atom. The molecule has 16 nitrogen and oxygen atoms in total. The molecule has 0 unspecified atom stereocenters. The van der Waals surface area contributed by atoms with Crippen LogP contribution in [0.2, 0.25) is 0 Å². The van der Waals surface area contributed by atoms with Gasteiger partial charge in [0.05, 0.1) is 41.9 Å². The van der Waals surface area contributed by atoms with Crippen LogP contribution < -0.4 is 14.8 Å². The number of nitrogens with zero attached hydrogens (tertiary/aromatic N) is 6. The summed E-state index contributed by atoms with van der Waals surface area (Å²) >= 11 is 0. The zero-order valence-electron chi connectivity index (χ0n) is 32.0. The summed E-state index contributed by atoms with van der Waals surface area (Å²) in [5.74, 6) is 0.401. The Labute approximate surface area is 334 Å². The normalized spacial score (nSPS) is 12.3. The van der Waals surface area contributed by atoms with Crippen LogP contribution in [-0.2, 0) is 20.2 Å². The summed E-state index contributed by atoms with van der Waals surface area (Å²) in [4.78, 5) is -0.787. The molecule has 0 spiro atoms. The van der Waals surface area contributed by atoms with E-state index in [1.807, 2.05) is 26.0 Å². The van der Waals surface area contributed by atoms with E-state index in [1.54, 1.807) is 63.4 Å². The highest BCUT2D eigenvalue weighted by Crippen LogP contribution is 2.44. The van der Waals surface area contributed by atoms with Gasteiger partial charge in [-0.2, -0.15) is 37.3 Å². The predicted octanol–water partition coefficient (Wildman–Crippen LogP) is 11.3. The first kappa shape index (κ1) is 41.0. The van der Waals surface area contributed by atoms with Crippen LogP contribution in [0.5, 0.6) is 17.2 Å². The van der Waals surface area contributed by atoms with E-state index in [4.69, 9.17) is 9.47 Å². The number of benzene rings is 6. The van der Waals surface area contributed by atoms with Gasteiger partial charge in [-0.25, -0.2) is 0 Å². The topological polar surface area (TPSA) is 234 Å². The van der Waals surface area contributed by atoms with Crippen molar-refractivity contribution in [3.63, 3.8) is 0 Å². The summed E-state index contributed by atoms with van der Waals surface area (Å²) < 4.78 is 78.5. The second-order valence-electron chi connectivity index (χ2n) is 13.1. The van der Waals surface area contributed by atoms with Crippen molar-refractivity contribution in [2.24, 2.45) is 30.7 Å². The van der Waals surface area contributed by atoms with Gasteiger partial charge in [0.25, 0.3) is 20.2 Å². The Morgan fingerprint density at radius 2 is 1.07 bits per heavy atom. The first-order chi connectivity index (χ1) is 27.4. The van der Waals surface area contributed by atoms with E-state index >= 15 is 0 Å². The standard InChI is InChI=1S/C40H37N7O9S2/c1-22-15-30(57(49,50)51)12-14-32(22)42-43-33-16-24(3)34(17-23(33)2)44-45-35-21-37(48)36(18-25(35)4)46-47-39-38(58(52,53)54)20-26-19-28(9-13-31(26)40(39)56-6)41-27-7-10-29(55-5)11-8-27/h7-21,41,48H,1-6H3,(H,49,50,51)(H,52,53,54). The van der Waals surface area contributed by atoms with Crippen LogP contribution in [-0.4, -0.2) is 45.3 Å². The zero-order chi connectivity index (χ0) is 41.9. The minimum atomic E-state index is -4.83. The van der Waals surface area contributed by atoms with Crippen LogP contribution in [0.4, 0.5) is 45.5 Å². The third-order valence-electron chi connectivity index (χ3n) is 8.95. The van der Waals surface area contributed by atoms with Crippen LogP contribution in [0.25, 0.3) is 10.8 Å². The number of phenolic OH excluding ortho intramolecular Hbond substituents is 1. The molecule has 6 aromatic rings. The average molecular weight is 824 g/mol. The van der Waals surface area contributed by atoms with Gasteiger partial charge in [0, 0.05) is 22.8 Å². The number of phenols is 1. The molecule has 0 saturated carbocycles. The van der Waals surface area contributed by atoms with E-state index < -0.39 is 25.1 Å². The fraction of sp³-hybridized carbons (Fsp3) is 0.150. The fourth-order valence-electron chi connectivity index (χ4n) is 5.83. The number of rotatable bonds is 12. The van der Waals surface area contributed by atoms with Crippen LogP contribution in [0.1, 0.15) is 22.3 Å². The van der Waals surface area contributed by atoms with Crippen molar-refractivity contribution in [3.05, 3.63) is 113 Å². The molecular weight excluding hydrogens is 787 g/mol. The number of aromatic hydroxyl groups is 1. The van der Waals surface area contributed by atoms with Crippen molar-refractivity contribution in [1.29, 1.82) is 0 Å². The highest BCUT2D eigenvalue weighted by atomic mass is 32.2. The molecule has 0 bridgehead atoms. The van der Waals surface area contributed by atoms with Crippen molar-refractivity contribution in [2.75, 3.05) is 19.5 Å². The second-order valence-corrected chi connectivity index (χ2v) is 15.9. The lowest BCUT2D eigenvalue weighted by Gasteiger charge is -2.14. The van der Waals surface area contributed by atoms with E-state index in [1.165, 1.54) is 43.5 Å². The van der Waals surface area contributed by atoms with Crippen molar-refractivity contribution >= 4 is 76.5 Å². The Bertz CT molecular complexity index is 2900. The highest BCUT2D eigenvalue weighted by Gasteiger charge is 2.23. The first-order valence-electron chi connectivity index (χ1n) is 17.3. The highest BCUT2D eigenvalue weighted by molar-refractivity contribution is 7.86. The minimum Gasteiger partial charge on any atom is -0.506 e. The third-order valence-corrected chi connectivity index (χ3v) is 10.7. The van der Waals surface area contributed by atoms with Gasteiger partial charge in [-0.3, -0.25) is 9.11 Å². The monoisotopic (exact) mass is 823 g/mol. The van der Waals surface area contributed by atoms with Crippen LogP contribution >= 0.6 is 0 Å². The number of azo groups is 3. The molecule has 58 heavy (non-hydrogen) atoms. The number of hydrogen-bond donors (Lipinski definition) is 4. The number of ether oxygens (including phenoxy) is 2. The molecule has 18 heteroatoms. The van der Waals surface area contributed by atoms with Crippen molar-refractivity contribution < 1.29 is 40.5 Å². The number of fused-ring (bicyclic) bond motifs is 1. The van der Waals surface area contributed by atoms with E-state index in [2.05, 4.69) is 36.0 Å². The number of methoxy groups -OCH3 is 2. The summed E-state index contributed by atoms with van der Waals surface area (Å²) in [7, 11) is -6.26. The number of nitrogens with one attached hydrogen (secondary N) is 1. The minimum absolute atomic E-state index is 0.0106. The van der Waals surface area contributed by atoms with E-state index in [-0.39, 0.29) is 27.8 Å². The molecule has 6 rings (SSSR count). The Hall–Kier alpha value is -6.60. The largest absolute Gasteiger partial charge is 0.506 e. The second kappa shape index (κ2) is 16.5. The third kappa shape index (κ3) is 9.16. The molecule has 0 aromatic heterocycles. The molecule has 0 heterocycles. The van der Waals surface area contributed by atoms with Crippen LogP contribution in [0, 0.1) is 27.7 Å². The van der Waals surface area contributed by atoms with Gasteiger partial charge in [-0.1, -0.05) is 0 Å². The lowest BCUT2D eigenvalue weighted by atomic mass is 10.1. The van der Waals surface area contributed by atoms with Crippen LogP contribution in [0.15, 0.2) is 131 Å². The van der Waals surface area contributed by atoms with Gasteiger partial charge in [0.15, 0.2) is 5.75 Å². The summed E-state index contributed by atoms with van der Waals surface area (Å²) in [6.45, 7) is 7.00. The molecule has 0 fully saturated rings. The number of aryl methyl sites for hydroxylation is 4. The fourth-order valence-corrected chi connectivity index (χ4v) is 7.05. The molecule has 4 N–H and O–H groups in total. The molecule has 298 valence electrons. The molecule has 0 aliphatic rings. The summed E-state index contributed by atoms with van der Waals surface area (Å²) in [6, 6.07) is 24.1. The van der Waals surface area contributed by atoms with Gasteiger partial charge in [-0.15, -0.1) is 10.2 Å². The number of hydrogen-bond acceptors (Lipinski definition) is 14. The lowest BCUT2D eigenvalue weighted by Crippen LogP contribution is -2.01. The van der Waals surface area contributed by atoms with Gasteiger partial charge < -0.3 is 19.9 Å². The number of anilines is 2. The van der Waals surface area contributed by atoms with E-state index in [0.29, 0.717) is 56.1 Å². The molecule has 0 aliphatic heterocycles. The summed E-state index contributed by atoms with van der Waals surface area (Å²) in [5.41, 5.74) is 5.45. The Balaban J connectivity index is 1.25. The maximum absolute atomic E-state index is 12.6. The van der Waals surface area contributed by atoms with Gasteiger partial charge in [0.1, 0.15) is 27.8 Å². The quantitative estimate of drug-likeness (QED) is 0.0673. The van der Waals surface area contributed by atoms with E-state index in [0.717, 1.165) is 16.8 Å². The maximum atomic E-state index is 12.6. The van der Waals surface area contributed by atoms with Gasteiger partial charge in [-0.05, 0) is 140 Å². The smallest absolute Gasteiger partial charge is 0.296 e. The SMILES string of the molecule is COc1ccc(Nc2ccc3c(OC)c(N=Nc4cc(C)c(N=Nc5cc(C)c(N=Nc6ccc(S(=O)(=O)O)cc6C)cc5C)cc4O)c(S(=O)(=O)O)cc3c2)cc1. The molecule has 0 amide bonds. The predicted molar refractivity (Wildman–Crippen MR) is 219 cm³/mol. The molecule has 0 aliphatic carbocycles. The van der Waals surface area contributed by atoms with E-state index in [9.17, 15) is 31.0 Å². The zero-order valence-corrected chi connectivity index (χ0v) is 33.6. The molecule has 0 saturated heterocycles. The van der Waals surface area contributed by atoms with Crippen LogP contribution in [0.3, 0.4) is 0 Å². The van der Waals surface area contributed by atoms with Gasteiger partial charge >= 0.3 is 0 Å². The van der Waals surface area contributed by atoms with Crippen molar-refractivity contribution in [3.8, 4) is 17.2 Å². The maximum Gasteiger partial charge on any atom is 0.296 e. The molecular formula is C40H37N7O9S2. The van der Waals surface area contributed by atoms with Gasteiger partial charge in [0.2, 0.25) is 0 Å².